The quantitative estimate of drug-likeness (QED) is 0.533. The molecule has 0 aromatic carbocycles. The van der Waals surface area contributed by atoms with E-state index in [9.17, 15) is 18.0 Å². The van der Waals surface area contributed by atoms with E-state index >= 15 is 0 Å². The van der Waals surface area contributed by atoms with Crippen LogP contribution in [0.15, 0.2) is 35.3 Å². The van der Waals surface area contributed by atoms with Gasteiger partial charge >= 0.3 is 6.18 Å². The van der Waals surface area contributed by atoms with Crippen molar-refractivity contribution in [2.24, 2.45) is 12.5 Å². The summed E-state index contributed by atoms with van der Waals surface area (Å²) in [6.07, 6.45) is -0.0702. The molecule has 7 rings (SSSR count). The number of nitrogens with zero attached hydrogens (tertiary/aromatic N) is 4. The van der Waals surface area contributed by atoms with Crippen molar-refractivity contribution in [2.45, 2.75) is 57.2 Å². The number of alkyl halides is 3. The van der Waals surface area contributed by atoms with Crippen LogP contribution in [0.5, 0.6) is 0 Å². The topological polar surface area (TPSA) is 69.9 Å². The maximum absolute atomic E-state index is 13.6. The van der Waals surface area contributed by atoms with Crippen molar-refractivity contribution in [2.75, 3.05) is 6.61 Å². The van der Waals surface area contributed by atoms with Gasteiger partial charge < -0.3 is 9.30 Å². The lowest BCUT2D eigenvalue weighted by Crippen LogP contribution is -2.70. The van der Waals surface area contributed by atoms with Crippen LogP contribution in [-0.2, 0) is 17.2 Å². The molecule has 3 aromatic heterocycles. The molecule has 4 heterocycles. The second-order valence-electron chi connectivity index (χ2n) is 10.4. The smallest absolute Gasteiger partial charge is 0.369 e. The van der Waals surface area contributed by atoms with E-state index in [2.05, 4.69) is 4.98 Å². The lowest BCUT2D eigenvalue weighted by Gasteiger charge is -2.70. The van der Waals surface area contributed by atoms with Gasteiger partial charge in [0.2, 0.25) is 5.56 Å². The van der Waals surface area contributed by atoms with Crippen LogP contribution in [0.25, 0.3) is 16.6 Å². The van der Waals surface area contributed by atoms with Crippen molar-refractivity contribution in [3.63, 3.8) is 0 Å². The molecule has 9 heteroatoms. The Balaban J connectivity index is 1.44. The Hall–Kier alpha value is -3.07. The first-order valence-electron chi connectivity index (χ1n) is 11.7. The van der Waals surface area contributed by atoms with Crippen LogP contribution in [0.4, 0.5) is 13.2 Å². The van der Waals surface area contributed by atoms with Crippen molar-refractivity contribution in [1.82, 2.24) is 19.5 Å². The summed E-state index contributed by atoms with van der Waals surface area (Å²) in [7, 11) is 1.69. The first-order chi connectivity index (χ1) is 16.5. The number of aromatic nitrogens is 4. The average molecular weight is 483 g/mol. The maximum atomic E-state index is 13.6. The molecule has 3 aromatic rings. The molecule has 0 spiro atoms. The van der Waals surface area contributed by atoms with Gasteiger partial charge in [-0.05, 0) is 68.9 Å². The van der Waals surface area contributed by atoms with Crippen molar-refractivity contribution >= 4 is 16.6 Å². The lowest BCUT2D eigenvalue weighted by atomic mass is 9.33. The first kappa shape index (κ1) is 22.4. The zero-order valence-electron chi connectivity index (χ0n) is 19.7. The minimum Gasteiger partial charge on any atom is -0.369 e. The van der Waals surface area contributed by atoms with E-state index in [0.717, 1.165) is 27.8 Å². The van der Waals surface area contributed by atoms with E-state index in [1.807, 2.05) is 26.0 Å². The highest BCUT2D eigenvalue weighted by Gasteiger charge is 2.79. The summed E-state index contributed by atoms with van der Waals surface area (Å²) in [5.41, 5.74) is 2.46. The van der Waals surface area contributed by atoms with E-state index < -0.39 is 17.0 Å². The Kier molecular flexibility index (Phi) is 4.62. The standard InChI is InChI=1S/C26H25F3N4O2/c1-14-8-18-21(24-11-25(12-24,13-24)26(27,28)29)31-22(32-23(18)30-15(14)2)16-6-7-35-19(9-16)17-4-5-20(34)33(3)10-17/h4-5,8-10,19H,6-7,11-13H2,1-3H3. The number of hydrogen-bond acceptors (Lipinski definition) is 5. The summed E-state index contributed by atoms with van der Waals surface area (Å²) in [6.45, 7) is 4.29. The highest BCUT2D eigenvalue weighted by atomic mass is 19.4. The molecule has 182 valence electrons. The van der Waals surface area contributed by atoms with Crippen LogP contribution in [0.3, 0.4) is 0 Å². The minimum atomic E-state index is -4.18. The van der Waals surface area contributed by atoms with Gasteiger partial charge in [-0.1, -0.05) is 0 Å². The molecule has 1 atom stereocenters. The number of aryl methyl sites for hydroxylation is 3. The Bertz CT molecular complexity index is 1450. The molecule has 0 radical (unpaired) electrons. The second kappa shape index (κ2) is 7.22. The summed E-state index contributed by atoms with van der Waals surface area (Å²) in [5.74, 6) is 0.493. The zero-order chi connectivity index (χ0) is 24.8. The van der Waals surface area contributed by atoms with E-state index in [1.165, 1.54) is 10.6 Å². The zero-order valence-corrected chi connectivity index (χ0v) is 19.7. The molecule has 0 amide bonds. The van der Waals surface area contributed by atoms with Crippen molar-refractivity contribution in [1.29, 1.82) is 0 Å². The lowest BCUT2D eigenvalue weighted by molar-refractivity contribution is -0.337. The molecular formula is C26H25F3N4O2. The van der Waals surface area contributed by atoms with Gasteiger partial charge in [0.15, 0.2) is 11.5 Å². The summed E-state index contributed by atoms with van der Waals surface area (Å²) in [6, 6.07) is 5.20. The molecule has 3 fully saturated rings. The number of halogens is 3. The molecule has 3 saturated carbocycles. The third-order valence-electron chi connectivity index (χ3n) is 8.01. The number of pyridine rings is 2. The van der Waals surface area contributed by atoms with Crippen molar-refractivity contribution in [3.8, 4) is 0 Å². The Morgan fingerprint density at radius 3 is 2.54 bits per heavy atom. The highest BCUT2D eigenvalue weighted by Crippen LogP contribution is 2.78. The molecule has 6 nitrogen and oxygen atoms in total. The average Bonchev–Trinajstić information content (AvgIpc) is 2.74. The predicted molar refractivity (Wildman–Crippen MR) is 124 cm³/mol. The fourth-order valence-corrected chi connectivity index (χ4v) is 5.90. The maximum Gasteiger partial charge on any atom is 0.394 e. The van der Waals surface area contributed by atoms with Crippen LogP contribution in [-0.4, -0.2) is 32.3 Å². The van der Waals surface area contributed by atoms with Crippen LogP contribution in [0, 0.1) is 19.3 Å². The molecule has 0 saturated heterocycles. The van der Waals surface area contributed by atoms with Gasteiger partial charge in [0.1, 0.15) is 6.10 Å². The molecule has 2 bridgehead atoms. The highest BCUT2D eigenvalue weighted by molar-refractivity contribution is 5.82. The second-order valence-corrected chi connectivity index (χ2v) is 10.4. The number of rotatable bonds is 3. The monoisotopic (exact) mass is 482 g/mol. The molecule has 1 aliphatic heterocycles. The Morgan fingerprint density at radius 2 is 1.86 bits per heavy atom. The fourth-order valence-electron chi connectivity index (χ4n) is 5.90. The van der Waals surface area contributed by atoms with Crippen LogP contribution in [0.2, 0.25) is 0 Å². The summed E-state index contributed by atoms with van der Waals surface area (Å²) >= 11 is 0. The predicted octanol–water partition coefficient (Wildman–Crippen LogP) is 4.87. The fraction of sp³-hybridized carbons (Fsp3) is 0.462. The van der Waals surface area contributed by atoms with Gasteiger partial charge in [0.25, 0.3) is 0 Å². The van der Waals surface area contributed by atoms with Gasteiger partial charge in [-0.3, -0.25) is 4.79 Å². The molecule has 4 aliphatic rings. The molecule has 35 heavy (non-hydrogen) atoms. The van der Waals surface area contributed by atoms with E-state index in [-0.39, 0.29) is 30.9 Å². The summed E-state index contributed by atoms with van der Waals surface area (Å²) in [5, 5.41) is 0.745. The largest absolute Gasteiger partial charge is 0.394 e. The molecular weight excluding hydrogens is 457 g/mol. The van der Waals surface area contributed by atoms with Crippen LogP contribution in [0.1, 0.15) is 60.1 Å². The van der Waals surface area contributed by atoms with E-state index in [1.54, 1.807) is 19.3 Å². The number of ether oxygens (including phenoxy) is 1. The Labute approximate surface area is 199 Å². The molecule has 0 N–H and O–H groups in total. The van der Waals surface area contributed by atoms with Crippen molar-refractivity contribution in [3.05, 3.63) is 69.2 Å². The van der Waals surface area contributed by atoms with E-state index in [0.29, 0.717) is 30.2 Å². The third kappa shape index (κ3) is 3.27. The molecule has 3 aliphatic carbocycles. The molecule has 1 unspecified atom stereocenters. The first-order valence-corrected chi connectivity index (χ1v) is 11.7. The summed E-state index contributed by atoms with van der Waals surface area (Å²) < 4.78 is 48.2. The van der Waals surface area contributed by atoms with Gasteiger partial charge in [0, 0.05) is 41.4 Å². The van der Waals surface area contributed by atoms with Crippen LogP contribution < -0.4 is 5.56 Å². The van der Waals surface area contributed by atoms with Gasteiger partial charge in [-0.15, -0.1) is 0 Å². The Morgan fingerprint density at radius 1 is 1.11 bits per heavy atom. The van der Waals surface area contributed by atoms with Gasteiger partial charge in [-0.25, -0.2) is 15.0 Å². The SMILES string of the molecule is Cc1cc2c(C34CC(C(F)(F)F)(C3)C4)nc(C3=CC(c4ccc(=O)n(C)c4)OCC3)nc2nc1C. The normalized spacial score (nSPS) is 27.8. The van der Waals surface area contributed by atoms with E-state index in [4.69, 9.17) is 14.7 Å². The van der Waals surface area contributed by atoms with Gasteiger partial charge in [0.05, 0.1) is 17.7 Å². The number of hydrogen-bond donors (Lipinski definition) is 0. The third-order valence-corrected chi connectivity index (χ3v) is 8.01. The minimum absolute atomic E-state index is 0.0742. The van der Waals surface area contributed by atoms with Crippen molar-refractivity contribution < 1.29 is 17.9 Å². The summed E-state index contributed by atoms with van der Waals surface area (Å²) in [4.78, 5) is 26.1. The van der Waals surface area contributed by atoms with Gasteiger partial charge in [-0.2, -0.15) is 13.2 Å². The number of fused-ring (bicyclic) bond motifs is 1. The van der Waals surface area contributed by atoms with Crippen LogP contribution >= 0.6 is 0 Å².